The fraction of sp³-hybridized carbons (Fsp3) is 0.457. The van der Waals surface area contributed by atoms with E-state index in [0.29, 0.717) is 32.6 Å². The van der Waals surface area contributed by atoms with Gasteiger partial charge in [0.2, 0.25) is 17.7 Å². The van der Waals surface area contributed by atoms with Gasteiger partial charge in [0.1, 0.15) is 11.6 Å². The number of carbonyl (C=O) groups is 3. The molecule has 4 heterocycles. The Kier molecular flexibility index (Phi) is 7.77. The summed E-state index contributed by atoms with van der Waals surface area (Å²) in [5.41, 5.74) is -0.412. The van der Waals surface area contributed by atoms with Crippen LogP contribution in [0.25, 0.3) is 0 Å². The smallest absolute Gasteiger partial charge is 0.249 e. The lowest BCUT2D eigenvalue weighted by Gasteiger charge is -2.41. The number of nitrogens with zero attached hydrogens (tertiary/aromatic N) is 3. The van der Waals surface area contributed by atoms with Crippen molar-refractivity contribution in [1.29, 1.82) is 0 Å². The van der Waals surface area contributed by atoms with Crippen molar-refractivity contribution >= 4 is 17.7 Å². The van der Waals surface area contributed by atoms with Gasteiger partial charge in [-0.15, -0.1) is 0 Å². The average Bonchev–Trinajstić information content (AvgIpc) is 3.31. The molecule has 1 N–H and O–H groups in total. The maximum Gasteiger partial charge on any atom is 0.249 e. The van der Waals surface area contributed by atoms with Crippen LogP contribution in [0.3, 0.4) is 0 Å². The third-order valence-corrected chi connectivity index (χ3v) is 9.79. The molecule has 0 saturated carbocycles. The predicted octanol–water partition coefficient (Wildman–Crippen LogP) is 3.56. The van der Waals surface area contributed by atoms with E-state index >= 15 is 0 Å². The monoisotopic (exact) mass is 583 g/mol. The van der Waals surface area contributed by atoms with E-state index in [2.05, 4.69) is 0 Å². The van der Waals surface area contributed by atoms with Crippen molar-refractivity contribution in [3.8, 4) is 0 Å². The second-order valence-electron chi connectivity index (χ2n) is 12.6. The molecule has 6 atom stereocenters. The minimum absolute atomic E-state index is 0.123. The first-order valence-corrected chi connectivity index (χ1v) is 15.4. The Labute approximate surface area is 253 Å². The van der Waals surface area contributed by atoms with Crippen LogP contribution in [-0.2, 0) is 32.2 Å². The summed E-state index contributed by atoms with van der Waals surface area (Å²) >= 11 is 0. The zero-order valence-electron chi connectivity index (χ0n) is 25.1. The maximum atomic E-state index is 14.7. The van der Waals surface area contributed by atoms with Crippen molar-refractivity contribution in [1.82, 2.24) is 14.7 Å². The topological polar surface area (TPSA) is 90.4 Å². The number of hydrogen-bond donors (Lipinski definition) is 1. The van der Waals surface area contributed by atoms with Crippen LogP contribution in [-0.4, -0.2) is 80.5 Å². The summed E-state index contributed by atoms with van der Waals surface area (Å²) in [4.78, 5) is 49.1. The van der Waals surface area contributed by atoms with Crippen molar-refractivity contribution in [3.05, 3.63) is 96.1 Å². The molecule has 0 aliphatic carbocycles. The number of ether oxygens (including phenoxy) is 1. The molecule has 2 fully saturated rings. The van der Waals surface area contributed by atoms with Crippen LogP contribution < -0.4 is 0 Å². The average molecular weight is 584 g/mol. The third-order valence-electron chi connectivity index (χ3n) is 9.79. The van der Waals surface area contributed by atoms with Gasteiger partial charge in [0, 0.05) is 26.2 Å². The molecular formula is C35H41N3O5. The summed E-state index contributed by atoms with van der Waals surface area (Å²) in [6.07, 6.45) is 8.19. The highest BCUT2D eigenvalue weighted by Gasteiger charge is 2.76. The maximum absolute atomic E-state index is 14.7. The molecule has 8 nitrogen and oxygen atoms in total. The van der Waals surface area contributed by atoms with Crippen molar-refractivity contribution in [3.63, 3.8) is 0 Å². The molecule has 0 aromatic heterocycles. The number of aliphatic hydroxyl groups is 1. The van der Waals surface area contributed by atoms with Gasteiger partial charge in [0.15, 0.2) is 0 Å². The number of amides is 3. The van der Waals surface area contributed by atoms with Crippen LogP contribution in [0.1, 0.15) is 38.3 Å². The summed E-state index contributed by atoms with van der Waals surface area (Å²) in [6, 6.07) is 18.0. The molecule has 1 spiro atoms. The van der Waals surface area contributed by atoms with Crippen LogP contribution in [0, 0.1) is 17.8 Å². The van der Waals surface area contributed by atoms with Crippen LogP contribution in [0.4, 0.5) is 0 Å². The highest BCUT2D eigenvalue weighted by atomic mass is 16.5. The van der Waals surface area contributed by atoms with E-state index in [9.17, 15) is 19.5 Å². The van der Waals surface area contributed by atoms with Gasteiger partial charge in [-0.05, 0) is 23.5 Å². The molecule has 0 bridgehead atoms. The van der Waals surface area contributed by atoms with E-state index < -0.39 is 35.1 Å². The van der Waals surface area contributed by atoms with Crippen molar-refractivity contribution in [2.24, 2.45) is 17.8 Å². The fourth-order valence-corrected chi connectivity index (χ4v) is 7.67. The quantitative estimate of drug-likeness (QED) is 0.480. The molecule has 0 radical (unpaired) electrons. The van der Waals surface area contributed by atoms with Gasteiger partial charge in [0.05, 0.1) is 30.1 Å². The molecule has 2 saturated heterocycles. The Morgan fingerprint density at radius 2 is 1.37 bits per heavy atom. The normalized spacial score (nSPS) is 30.8. The number of benzene rings is 2. The molecule has 2 aromatic carbocycles. The predicted molar refractivity (Wildman–Crippen MR) is 162 cm³/mol. The molecule has 226 valence electrons. The van der Waals surface area contributed by atoms with E-state index in [1.165, 1.54) is 0 Å². The van der Waals surface area contributed by atoms with E-state index in [1.54, 1.807) is 14.7 Å². The molecule has 3 amide bonds. The fourth-order valence-electron chi connectivity index (χ4n) is 7.67. The zero-order chi connectivity index (χ0) is 30.4. The van der Waals surface area contributed by atoms with Crippen LogP contribution in [0.15, 0.2) is 85.0 Å². The van der Waals surface area contributed by atoms with Gasteiger partial charge in [0.25, 0.3) is 0 Å². The SMILES string of the molecule is CC[C@@]12C=CCN(Cc3ccccc3)C(=O)[C@@H]1[C@H]1C(=O)N([C@@H](CO)C(C)C)C3C(=O)N(Cc4ccccc4)CC=C[C@@]31O2. The number of fused-ring (bicyclic) bond motifs is 2. The molecule has 4 aliphatic heterocycles. The van der Waals surface area contributed by atoms with Crippen LogP contribution in [0.2, 0.25) is 0 Å². The van der Waals surface area contributed by atoms with Gasteiger partial charge >= 0.3 is 0 Å². The Morgan fingerprint density at radius 3 is 1.91 bits per heavy atom. The Hall–Kier alpha value is -3.75. The second kappa shape index (κ2) is 11.4. The molecule has 4 aliphatic rings. The first kappa shape index (κ1) is 29.3. The largest absolute Gasteiger partial charge is 0.394 e. The lowest BCUT2D eigenvalue weighted by Crippen LogP contribution is -2.59. The van der Waals surface area contributed by atoms with Crippen molar-refractivity contribution in [2.45, 2.75) is 63.6 Å². The van der Waals surface area contributed by atoms with E-state index in [4.69, 9.17) is 4.74 Å². The number of aliphatic hydroxyl groups excluding tert-OH is 1. The third kappa shape index (κ3) is 4.71. The lowest BCUT2D eigenvalue weighted by atomic mass is 9.73. The summed E-state index contributed by atoms with van der Waals surface area (Å²) < 4.78 is 7.08. The van der Waals surface area contributed by atoms with E-state index in [-0.39, 0.29) is 30.2 Å². The van der Waals surface area contributed by atoms with Gasteiger partial charge in [-0.1, -0.05) is 106 Å². The summed E-state index contributed by atoms with van der Waals surface area (Å²) in [7, 11) is 0. The second-order valence-corrected chi connectivity index (χ2v) is 12.6. The van der Waals surface area contributed by atoms with E-state index in [1.807, 2.05) is 106 Å². The minimum atomic E-state index is -1.35. The molecule has 6 rings (SSSR count). The Bertz CT molecular complexity index is 1430. The molecule has 2 aromatic rings. The molecular weight excluding hydrogens is 542 g/mol. The molecule has 8 heteroatoms. The first-order chi connectivity index (χ1) is 20.8. The Balaban J connectivity index is 1.46. The molecule has 43 heavy (non-hydrogen) atoms. The summed E-state index contributed by atoms with van der Waals surface area (Å²) in [5.74, 6) is -2.53. The highest BCUT2D eigenvalue weighted by molar-refractivity contribution is 6.00. The summed E-state index contributed by atoms with van der Waals surface area (Å²) in [5, 5.41) is 10.6. The summed E-state index contributed by atoms with van der Waals surface area (Å²) in [6.45, 7) is 7.09. The van der Waals surface area contributed by atoms with Crippen LogP contribution >= 0.6 is 0 Å². The Morgan fingerprint density at radius 1 is 0.814 bits per heavy atom. The number of rotatable bonds is 8. The standard InChI is InChI=1S/C35H41N3O5/c1-4-34-17-11-19-36(21-25-13-7-5-8-14-25)31(40)28(34)29-32(41)38(27(23-39)24(2)3)30-33(42)37(20-12-18-35(29,30)43-34)22-26-15-9-6-10-16-26/h5-18,24,27-30,39H,4,19-23H2,1-3H3/t27-,28-,29-,30?,34+,35-/m0/s1. The van der Waals surface area contributed by atoms with Gasteiger partial charge in [-0.25, -0.2) is 0 Å². The number of likely N-dealkylation sites (tertiary alicyclic amines) is 1. The van der Waals surface area contributed by atoms with Crippen LogP contribution in [0.5, 0.6) is 0 Å². The zero-order valence-corrected chi connectivity index (χ0v) is 25.1. The number of hydrogen-bond acceptors (Lipinski definition) is 5. The van der Waals surface area contributed by atoms with Gasteiger partial charge in [-0.3, -0.25) is 14.4 Å². The lowest BCUT2D eigenvalue weighted by molar-refractivity contribution is -0.158. The number of carbonyl (C=O) groups excluding carboxylic acids is 3. The van der Waals surface area contributed by atoms with E-state index in [0.717, 1.165) is 11.1 Å². The molecule has 1 unspecified atom stereocenters. The van der Waals surface area contributed by atoms with Crippen molar-refractivity contribution in [2.75, 3.05) is 19.7 Å². The van der Waals surface area contributed by atoms with Gasteiger partial charge < -0.3 is 24.5 Å². The van der Waals surface area contributed by atoms with Gasteiger partial charge in [-0.2, -0.15) is 0 Å². The van der Waals surface area contributed by atoms with Crippen molar-refractivity contribution < 1.29 is 24.2 Å². The first-order valence-electron chi connectivity index (χ1n) is 15.4. The minimum Gasteiger partial charge on any atom is -0.394 e. The highest BCUT2D eigenvalue weighted by Crippen LogP contribution is 2.59.